The van der Waals surface area contributed by atoms with Gasteiger partial charge in [0.1, 0.15) is 6.54 Å². The Kier molecular flexibility index (Phi) is 2.78. The minimum absolute atomic E-state index is 0.206. The van der Waals surface area contributed by atoms with Crippen molar-refractivity contribution in [1.82, 2.24) is 0 Å². The lowest BCUT2D eigenvalue weighted by atomic mass is 9.99. The lowest BCUT2D eigenvalue weighted by molar-refractivity contribution is -0.876. The molecule has 0 N–H and O–H groups in total. The summed E-state index contributed by atoms with van der Waals surface area (Å²) in [7, 11) is 4.94. The fourth-order valence-corrected chi connectivity index (χ4v) is 2.14. The highest BCUT2D eigenvalue weighted by molar-refractivity contribution is 5.47. The molecule has 16 heavy (non-hydrogen) atoms. The fourth-order valence-electron chi connectivity index (χ4n) is 2.14. The second-order valence-electron chi connectivity index (χ2n) is 4.40. The number of nitrogens with zero attached hydrogens (tertiary/aromatic N) is 1. The third-order valence-corrected chi connectivity index (χ3v) is 3.06. The average Bonchev–Trinajstić information content (AvgIpc) is 2.26. The molecule has 1 heterocycles. The molecule has 0 saturated heterocycles. The number of hydrogen-bond donors (Lipinski definition) is 0. The second kappa shape index (κ2) is 3.96. The van der Waals surface area contributed by atoms with Crippen LogP contribution in [0, 0.1) is 5.21 Å². The van der Waals surface area contributed by atoms with Crippen molar-refractivity contribution in [3.8, 4) is 11.5 Å². The first-order chi connectivity index (χ1) is 7.55. The maximum absolute atomic E-state index is 11.9. The topological polar surface area (TPSA) is 41.5 Å². The van der Waals surface area contributed by atoms with Gasteiger partial charge in [0.2, 0.25) is 0 Å². The highest BCUT2D eigenvalue weighted by Gasteiger charge is 2.23. The molecule has 0 aromatic heterocycles. The number of methoxy groups -OCH3 is 2. The van der Waals surface area contributed by atoms with Gasteiger partial charge in [-0.15, -0.1) is 0 Å². The highest BCUT2D eigenvalue weighted by Crippen LogP contribution is 2.34. The molecule has 0 radical (unpaired) electrons. The van der Waals surface area contributed by atoms with Crippen molar-refractivity contribution in [3.63, 3.8) is 0 Å². The molecule has 1 atom stereocenters. The van der Waals surface area contributed by atoms with Crippen molar-refractivity contribution >= 4 is 0 Å². The minimum atomic E-state index is -0.206. The zero-order valence-corrected chi connectivity index (χ0v) is 9.95. The number of benzene rings is 1. The molecule has 0 bridgehead atoms. The van der Waals surface area contributed by atoms with E-state index in [0.29, 0.717) is 18.8 Å². The van der Waals surface area contributed by atoms with E-state index in [-0.39, 0.29) is 4.65 Å². The van der Waals surface area contributed by atoms with Gasteiger partial charge in [0.05, 0.1) is 27.8 Å². The molecule has 1 aromatic carbocycles. The van der Waals surface area contributed by atoms with E-state index in [2.05, 4.69) is 0 Å². The standard InChI is InChI=1S/C12H17NO3/c1-13(14)5-4-9-6-11(15-2)12(16-3)7-10(9)8-13/h6-7H,4-5,8H2,1-3H3. The normalized spacial score (nSPS) is 23.8. The zero-order valence-electron chi connectivity index (χ0n) is 9.95. The molecule has 1 aromatic rings. The Bertz CT molecular complexity index is 401. The molecule has 0 aliphatic carbocycles. The van der Waals surface area contributed by atoms with Gasteiger partial charge in [0.15, 0.2) is 11.5 Å². The highest BCUT2D eigenvalue weighted by atomic mass is 16.5. The maximum Gasteiger partial charge on any atom is 0.161 e. The Balaban J connectivity index is 2.42. The van der Waals surface area contributed by atoms with Crippen LogP contribution in [0.3, 0.4) is 0 Å². The molecule has 4 nitrogen and oxygen atoms in total. The van der Waals surface area contributed by atoms with E-state index in [0.717, 1.165) is 17.7 Å². The van der Waals surface area contributed by atoms with Gasteiger partial charge in [-0.25, -0.2) is 0 Å². The quantitative estimate of drug-likeness (QED) is 0.566. The second-order valence-corrected chi connectivity index (χ2v) is 4.40. The predicted octanol–water partition coefficient (Wildman–Crippen LogP) is 1.70. The van der Waals surface area contributed by atoms with Crippen LogP contribution in [0.5, 0.6) is 11.5 Å². The average molecular weight is 223 g/mol. The van der Waals surface area contributed by atoms with E-state index in [1.54, 1.807) is 21.3 Å². The van der Waals surface area contributed by atoms with Crippen LogP contribution in [0.15, 0.2) is 12.1 Å². The van der Waals surface area contributed by atoms with Crippen LogP contribution in [0.4, 0.5) is 0 Å². The summed E-state index contributed by atoms with van der Waals surface area (Å²) < 4.78 is 10.3. The molecule has 0 fully saturated rings. The molecule has 2 rings (SSSR count). The van der Waals surface area contributed by atoms with Crippen molar-refractivity contribution in [2.45, 2.75) is 13.0 Å². The van der Waals surface area contributed by atoms with Gasteiger partial charge < -0.3 is 19.3 Å². The first-order valence-electron chi connectivity index (χ1n) is 5.35. The summed E-state index contributed by atoms with van der Waals surface area (Å²) in [5.41, 5.74) is 2.27. The van der Waals surface area contributed by atoms with Gasteiger partial charge in [-0.05, 0) is 17.7 Å². The number of hydroxylamine groups is 3. The lowest BCUT2D eigenvalue weighted by Gasteiger charge is -2.42. The number of fused-ring (bicyclic) bond motifs is 1. The Morgan fingerprint density at radius 1 is 1.12 bits per heavy atom. The summed E-state index contributed by atoms with van der Waals surface area (Å²) in [4.78, 5) is 0. The molecule has 4 heteroatoms. The summed E-state index contributed by atoms with van der Waals surface area (Å²) in [5, 5.41) is 11.9. The fraction of sp³-hybridized carbons (Fsp3) is 0.500. The van der Waals surface area contributed by atoms with E-state index in [1.807, 2.05) is 12.1 Å². The van der Waals surface area contributed by atoms with Crippen molar-refractivity contribution in [2.24, 2.45) is 0 Å². The molecule has 1 aliphatic rings. The van der Waals surface area contributed by atoms with Crippen molar-refractivity contribution < 1.29 is 14.1 Å². The first-order valence-corrected chi connectivity index (χ1v) is 5.35. The third kappa shape index (κ3) is 1.99. The molecule has 0 amide bonds. The summed E-state index contributed by atoms with van der Waals surface area (Å²) in [5.74, 6) is 1.44. The number of hydrogen-bond acceptors (Lipinski definition) is 3. The van der Waals surface area contributed by atoms with E-state index < -0.39 is 0 Å². The van der Waals surface area contributed by atoms with Gasteiger partial charge in [0, 0.05) is 12.0 Å². The third-order valence-electron chi connectivity index (χ3n) is 3.06. The maximum atomic E-state index is 11.9. The molecule has 88 valence electrons. The summed E-state index contributed by atoms with van der Waals surface area (Å²) >= 11 is 0. The zero-order chi connectivity index (χ0) is 11.8. The number of rotatable bonds is 2. The Morgan fingerprint density at radius 2 is 1.69 bits per heavy atom. The van der Waals surface area contributed by atoms with Crippen LogP contribution in [-0.2, 0) is 13.0 Å². The van der Waals surface area contributed by atoms with E-state index in [9.17, 15) is 5.21 Å². The van der Waals surface area contributed by atoms with Crippen LogP contribution in [0.1, 0.15) is 11.1 Å². The van der Waals surface area contributed by atoms with E-state index in [1.165, 1.54) is 5.56 Å². The van der Waals surface area contributed by atoms with Crippen LogP contribution in [0.25, 0.3) is 0 Å². The number of ether oxygens (including phenoxy) is 2. The van der Waals surface area contributed by atoms with Crippen LogP contribution in [-0.4, -0.2) is 32.5 Å². The molecule has 1 aliphatic heterocycles. The van der Waals surface area contributed by atoms with Crippen molar-refractivity contribution in [1.29, 1.82) is 0 Å². The summed E-state index contributed by atoms with van der Waals surface area (Å²) in [6.07, 6.45) is 0.801. The molecule has 0 spiro atoms. The first kappa shape index (κ1) is 11.2. The monoisotopic (exact) mass is 223 g/mol. The SMILES string of the molecule is COc1cc2c(cc1OC)C[N+](C)([O-])CC2. The largest absolute Gasteiger partial charge is 0.633 e. The van der Waals surface area contributed by atoms with Crippen molar-refractivity contribution in [3.05, 3.63) is 28.5 Å². The van der Waals surface area contributed by atoms with Gasteiger partial charge in [-0.2, -0.15) is 0 Å². The van der Waals surface area contributed by atoms with Crippen molar-refractivity contribution in [2.75, 3.05) is 27.8 Å². The molecular weight excluding hydrogens is 206 g/mol. The van der Waals surface area contributed by atoms with Gasteiger partial charge in [-0.3, -0.25) is 0 Å². The van der Waals surface area contributed by atoms with Crippen LogP contribution >= 0.6 is 0 Å². The summed E-state index contributed by atoms with van der Waals surface area (Å²) in [6.45, 7) is 1.14. The van der Waals surface area contributed by atoms with Gasteiger partial charge in [-0.1, -0.05) is 0 Å². The van der Waals surface area contributed by atoms with Crippen LogP contribution < -0.4 is 9.47 Å². The van der Waals surface area contributed by atoms with Gasteiger partial charge >= 0.3 is 0 Å². The number of quaternary nitrogens is 1. The molecule has 0 saturated carbocycles. The van der Waals surface area contributed by atoms with Crippen LogP contribution in [0.2, 0.25) is 0 Å². The Labute approximate surface area is 95.6 Å². The van der Waals surface area contributed by atoms with E-state index >= 15 is 0 Å². The summed E-state index contributed by atoms with van der Waals surface area (Å²) in [6, 6.07) is 3.90. The predicted molar refractivity (Wildman–Crippen MR) is 61.4 cm³/mol. The van der Waals surface area contributed by atoms with E-state index in [4.69, 9.17) is 9.47 Å². The molecule has 1 unspecified atom stereocenters. The Morgan fingerprint density at radius 3 is 2.25 bits per heavy atom. The minimum Gasteiger partial charge on any atom is -0.633 e. The lowest BCUT2D eigenvalue weighted by Crippen LogP contribution is -2.41. The smallest absolute Gasteiger partial charge is 0.161 e. The molecular formula is C12H17NO3. The van der Waals surface area contributed by atoms with Gasteiger partial charge in [0.25, 0.3) is 0 Å². The number of likely N-dealkylation sites (N-methyl/N-ethyl adjacent to an activating group) is 1. The Hall–Kier alpha value is -1.26.